The summed E-state index contributed by atoms with van der Waals surface area (Å²) in [4.78, 5) is 12.5. The van der Waals surface area contributed by atoms with Gasteiger partial charge in [0.25, 0.3) is 0 Å². The lowest BCUT2D eigenvalue weighted by Gasteiger charge is -2.24. The molecular formula is C24H32O3. The van der Waals surface area contributed by atoms with Gasteiger partial charge in [0.15, 0.2) is 0 Å². The Bertz CT molecular complexity index is 677. The lowest BCUT2D eigenvalue weighted by molar-refractivity contribution is -0.150. The average molecular weight is 369 g/mol. The van der Waals surface area contributed by atoms with Crippen LogP contribution in [0.5, 0.6) is 0 Å². The van der Waals surface area contributed by atoms with Gasteiger partial charge in [-0.2, -0.15) is 0 Å². The fraction of sp³-hybridized carbons (Fsp3) is 0.458. The number of carbonyl (C=O) groups excluding carboxylic acids is 1. The molecule has 2 rings (SSSR count). The Morgan fingerprint density at radius 2 is 1.63 bits per heavy atom. The highest BCUT2D eigenvalue weighted by Crippen LogP contribution is 2.30. The van der Waals surface area contributed by atoms with E-state index >= 15 is 0 Å². The molecule has 0 fully saturated rings. The number of benzene rings is 2. The van der Waals surface area contributed by atoms with Gasteiger partial charge in [0.2, 0.25) is 0 Å². The van der Waals surface area contributed by atoms with Crippen molar-refractivity contribution in [3.05, 3.63) is 71.3 Å². The van der Waals surface area contributed by atoms with Crippen molar-refractivity contribution in [1.82, 2.24) is 0 Å². The fourth-order valence-electron chi connectivity index (χ4n) is 3.23. The zero-order valence-electron chi connectivity index (χ0n) is 17.0. The monoisotopic (exact) mass is 368 g/mol. The molecule has 27 heavy (non-hydrogen) atoms. The first-order valence-corrected chi connectivity index (χ1v) is 9.88. The fourth-order valence-corrected chi connectivity index (χ4v) is 3.23. The van der Waals surface area contributed by atoms with Crippen LogP contribution >= 0.6 is 0 Å². The maximum absolute atomic E-state index is 12.5. The number of esters is 1. The summed E-state index contributed by atoms with van der Waals surface area (Å²) >= 11 is 0. The number of rotatable bonds is 10. The van der Waals surface area contributed by atoms with Crippen molar-refractivity contribution in [2.45, 2.75) is 53.2 Å². The minimum absolute atomic E-state index is 0.119. The predicted molar refractivity (Wildman–Crippen MR) is 109 cm³/mol. The van der Waals surface area contributed by atoms with Crippen LogP contribution in [0.4, 0.5) is 0 Å². The molecule has 0 saturated heterocycles. The SMILES string of the molecule is CCOC(=O)[C@H](CC(C)C)C[C@H](OCc1ccccc1)c1ccc(C)cc1. The molecule has 0 amide bonds. The smallest absolute Gasteiger partial charge is 0.309 e. The Labute approximate surface area is 163 Å². The van der Waals surface area contributed by atoms with E-state index in [1.807, 2.05) is 25.1 Å². The number of carbonyl (C=O) groups is 1. The van der Waals surface area contributed by atoms with E-state index in [1.54, 1.807) is 0 Å². The van der Waals surface area contributed by atoms with Gasteiger partial charge >= 0.3 is 5.97 Å². The zero-order chi connectivity index (χ0) is 19.6. The third kappa shape index (κ3) is 7.18. The summed E-state index contributed by atoms with van der Waals surface area (Å²) in [5.41, 5.74) is 3.45. The first-order valence-electron chi connectivity index (χ1n) is 9.88. The van der Waals surface area contributed by atoms with Crippen LogP contribution in [0.25, 0.3) is 0 Å². The van der Waals surface area contributed by atoms with E-state index in [9.17, 15) is 4.79 Å². The standard InChI is InChI=1S/C24H32O3/c1-5-26-24(25)22(15-18(2)3)16-23(21-13-11-19(4)12-14-21)27-17-20-9-7-6-8-10-20/h6-14,18,22-23H,5,15-17H2,1-4H3/t22-,23+/m1/s1. The molecular weight excluding hydrogens is 336 g/mol. The lowest BCUT2D eigenvalue weighted by Crippen LogP contribution is -2.23. The average Bonchev–Trinajstić information content (AvgIpc) is 2.65. The summed E-state index contributed by atoms with van der Waals surface area (Å²) in [5.74, 6) is 0.144. The van der Waals surface area contributed by atoms with E-state index in [4.69, 9.17) is 9.47 Å². The second-order valence-corrected chi connectivity index (χ2v) is 7.51. The Kier molecular flexibility index (Phi) is 8.53. The summed E-state index contributed by atoms with van der Waals surface area (Å²) < 4.78 is 11.6. The van der Waals surface area contributed by atoms with Crippen LogP contribution in [0.15, 0.2) is 54.6 Å². The molecule has 0 bridgehead atoms. The van der Waals surface area contributed by atoms with Crippen LogP contribution in [0.1, 0.15) is 56.4 Å². The Morgan fingerprint density at radius 3 is 2.22 bits per heavy atom. The minimum Gasteiger partial charge on any atom is -0.466 e. The van der Waals surface area contributed by atoms with Gasteiger partial charge in [0.05, 0.1) is 25.2 Å². The summed E-state index contributed by atoms with van der Waals surface area (Å²) in [6.07, 6.45) is 1.29. The molecule has 2 aromatic carbocycles. The van der Waals surface area contributed by atoms with Gasteiger partial charge in [-0.15, -0.1) is 0 Å². The number of aryl methyl sites for hydroxylation is 1. The lowest BCUT2D eigenvalue weighted by atomic mass is 9.89. The van der Waals surface area contributed by atoms with Crippen molar-refractivity contribution in [3.8, 4) is 0 Å². The van der Waals surface area contributed by atoms with E-state index in [1.165, 1.54) is 5.56 Å². The normalized spacial score (nSPS) is 13.4. The predicted octanol–water partition coefficient (Wildman–Crippen LogP) is 5.87. The van der Waals surface area contributed by atoms with Crippen molar-refractivity contribution in [2.75, 3.05) is 6.61 Å². The molecule has 0 saturated carbocycles. The molecule has 0 heterocycles. The van der Waals surface area contributed by atoms with Gasteiger partial charge in [0.1, 0.15) is 0 Å². The molecule has 0 aromatic heterocycles. The molecule has 0 unspecified atom stereocenters. The molecule has 0 aliphatic rings. The van der Waals surface area contributed by atoms with Gasteiger partial charge in [0, 0.05) is 0 Å². The van der Waals surface area contributed by atoms with Gasteiger partial charge in [-0.25, -0.2) is 0 Å². The highest BCUT2D eigenvalue weighted by Gasteiger charge is 2.26. The first-order chi connectivity index (χ1) is 13.0. The van der Waals surface area contributed by atoms with Crippen LogP contribution in [-0.2, 0) is 20.9 Å². The quantitative estimate of drug-likeness (QED) is 0.492. The molecule has 0 radical (unpaired) electrons. The maximum Gasteiger partial charge on any atom is 0.309 e. The van der Waals surface area contributed by atoms with Crippen LogP contribution in [-0.4, -0.2) is 12.6 Å². The maximum atomic E-state index is 12.5. The molecule has 2 atom stereocenters. The molecule has 0 N–H and O–H groups in total. The van der Waals surface area contributed by atoms with Gasteiger partial charge in [-0.05, 0) is 43.7 Å². The Morgan fingerprint density at radius 1 is 0.963 bits per heavy atom. The molecule has 0 aliphatic carbocycles. The van der Waals surface area contributed by atoms with Crippen LogP contribution < -0.4 is 0 Å². The van der Waals surface area contributed by atoms with Crippen LogP contribution in [0.3, 0.4) is 0 Å². The third-order valence-corrected chi connectivity index (χ3v) is 4.62. The van der Waals surface area contributed by atoms with Crippen molar-refractivity contribution < 1.29 is 14.3 Å². The van der Waals surface area contributed by atoms with E-state index in [0.29, 0.717) is 25.6 Å². The first kappa shape index (κ1) is 21.2. The Hall–Kier alpha value is -2.13. The summed E-state index contributed by atoms with van der Waals surface area (Å²) in [6, 6.07) is 18.5. The molecule has 2 aromatic rings. The summed E-state index contributed by atoms with van der Waals surface area (Å²) in [6.45, 7) is 9.14. The second kappa shape index (κ2) is 10.9. The number of ether oxygens (including phenoxy) is 2. The van der Waals surface area contributed by atoms with Crippen molar-refractivity contribution >= 4 is 5.97 Å². The second-order valence-electron chi connectivity index (χ2n) is 7.51. The summed E-state index contributed by atoms with van der Waals surface area (Å²) in [7, 11) is 0. The highest BCUT2D eigenvalue weighted by atomic mass is 16.5. The molecule has 146 valence electrons. The van der Waals surface area contributed by atoms with Gasteiger partial charge in [-0.3, -0.25) is 4.79 Å². The van der Waals surface area contributed by atoms with Gasteiger partial charge in [-0.1, -0.05) is 74.0 Å². The molecule has 0 aliphatic heterocycles. The minimum atomic E-state index is -0.160. The largest absolute Gasteiger partial charge is 0.466 e. The van der Waals surface area contributed by atoms with Crippen molar-refractivity contribution in [1.29, 1.82) is 0 Å². The van der Waals surface area contributed by atoms with E-state index in [0.717, 1.165) is 17.5 Å². The van der Waals surface area contributed by atoms with Gasteiger partial charge < -0.3 is 9.47 Å². The molecule has 0 spiro atoms. The van der Waals surface area contributed by atoms with E-state index < -0.39 is 0 Å². The summed E-state index contributed by atoms with van der Waals surface area (Å²) in [5, 5.41) is 0. The van der Waals surface area contributed by atoms with Crippen LogP contribution in [0.2, 0.25) is 0 Å². The van der Waals surface area contributed by atoms with Crippen molar-refractivity contribution in [3.63, 3.8) is 0 Å². The highest BCUT2D eigenvalue weighted by molar-refractivity contribution is 5.72. The van der Waals surface area contributed by atoms with Crippen LogP contribution in [0, 0.1) is 18.8 Å². The number of hydrogen-bond acceptors (Lipinski definition) is 3. The molecule has 3 nitrogen and oxygen atoms in total. The van der Waals surface area contributed by atoms with E-state index in [2.05, 4.69) is 57.2 Å². The molecule has 3 heteroatoms. The topological polar surface area (TPSA) is 35.5 Å². The number of hydrogen-bond donors (Lipinski definition) is 0. The third-order valence-electron chi connectivity index (χ3n) is 4.62. The Balaban J connectivity index is 2.18. The van der Waals surface area contributed by atoms with Crippen molar-refractivity contribution in [2.24, 2.45) is 11.8 Å². The van der Waals surface area contributed by atoms with E-state index in [-0.39, 0.29) is 18.0 Å². The zero-order valence-corrected chi connectivity index (χ0v) is 17.0.